The molecule has 7 heteroatoms. The molecule has 0 saturated carbocycles. The molecule has 1 amide bonds. The number of amides is 1. The fourth-order valence-corrected chi connectivity index (χ4v) is 3.75. The first kappa shape index (κ1) is 17.4. The quantitative estimate of drug-likeness (QED) is 0.558. The highest BCUT2D eigenvalue weighted by Crippen LogP contribution is 2.10. The van der Waals surface area contributed by atoms with Crippen LogP contribution in [-0.4, -0.2) is 85.5 Å². The Morgan fingerprint density at radius 3 is 2.86 bits per heavy atom. The molecule has 0 aliphatic carbocycles. The summed E-state index contributed by atoms with van der Waals surface area (Å²) in [6.07, 6.45) is 1.51. The molecule has 2 rings (SSSR count). The number of carbonyl (C=O) groups excluding carboxylic acids is 1. The zero-order chi connectivity index (χ0) is 15.8. The van der Waals surface area contributed by atoms with Gasteiger partial charge >= 0.3 is 0 Å². The van der Waals surface area contributed by atoms with E-state index in [4.69, 9.17) is 0 Å². The third-order valence-electron chi connectivity index (χ3n) is 4.10. The van der Waals surface area contributed by atoms with E-state index in [9.17, 15) is 4.79 Å². The number of piperidine rings is 1. The lowest BCUT2D eigenvalue weighted by atomic mass is 10.1. The predicted molar refractivity (Wildman–Crippen MR) is 93.5 cm³/mol. The van der Waals surface area contributed by atoms with Crippen molar-refractivity contribution in [2.45, 2.75) is 25.8 Å². The SMILES string of the molecule is CCNC(=NCCN1CCSCC1)NC1CCC(=O)N(C)C1. The molecular weight excluding hydrogens is 298 g/mol. The lowest BCUT2D eigenvalue weighted by molar-refractivity contribution is -0.132. The van der Waals surface area contributed by atoms with Crippen LogP contribution in [0.2, 0.25) is 0 Å². The number of nitrogens with one attached hydrogen (secondary N) is 2. The molecule has 2 aliphatic rings. The minimum Gasteiger partial charge on any atom is -0.357 e. The molecule has 2 fully saturated rings. The van der Waals surface area contributed by atoms with Crippen LogP contribution in [0.25, 0.3) is 0 Å². The fraction of sp³-hybridized carbons (Fsp3) is 0.867. The summed E-state index contributed by atoms with van der Waals surface area (Å²) in [4.78, 5) is 20.5. The van der Waals surface area contributed by atoms with Gasteiger partial charge in [-0.15, -0.1) is 0 Å². The van der Waals surface area contributed by atoms with Crippen molar-refractivity contribution in [1.82, 2.24) is 20.4 Å². The van der Waals surface area contributed by atoms with Crippen LogP contribution in [0.3, 0.4) is 0 Å². The Morgan fingerprint density at radius 1 is 1.41 bits per heavy atom. The highest BCUT2D eigenvalue weighted by atomic mass is 32.2. The van der Waals surface area contributed by atoms with Crippen molar-refractivity contribution in [2.24, 2.45) is 4.99 Å². The van der Waals surface area contributed by atoms with Crippen molar-refractivity contribution in [3.63, 3.8) is 0 Å². The van der Waals surface area contributed by atoms with Crippen LogP contribution in [0.4, 0.5) is 0 Å². The van der Waals surface area contributed by atoms with Gasteiger partial charge in [0.05, 0.1) is 6.54 Å². The van der Waals surface area contributed by atoms with E-state index in [1.165, 1.54) is 24.6 Å². The first-order chi connectivity index (χ1) is 10.7. The Morgan fingerprint density at radius 2 is 2.18 bits per heavy atom. The number of likely N-dealkylation sites (N-methyl/N-ethyl adjacent to an activating group) is 1. The molecule has 2 aliphatic heterocycles. The normalized spacial score (nSPS) is 24.5. The fourth-order valence-electron chi connectivity index (χ4n) is 2.77. The Hall–Kier alpha value is -0.950. The van der Waals surface area contributed by atoms with Crippen molar-refractivity contribution in [1.29, 1.82) is 0 Å². The zero-order valence-corrected chi connectivity index (χ0v) is 14.6. The summed E-state index contributed by atoms with van der Waals surface area (Å²) in [5.74, 6) is 3.60. The third kappa shape index (κ3) is 5.68. The van der Waals surface area contributed by atoms with E-state index in [1.807, 2.05) is 18.8 Å². The van der Waals surface area contributed by atoms with Crippen LogP contribution in [0.1, 0.15) is 19.8 Å². The second-order valence-corrected chi connectivity index (χ2v) is 7.09. The molecule has 0 aromatic rings. The maximum atomic E-state index is 11.5. The van der Waals surface area contributed by atoms with Gasteiger partial charge in [0.25, 0.3) is 0 Å². The Bertz CT molecular complexity index is 384. The molecule has 0 bridgehead atoms. The number of guanidine groups is 1. The number of nitrogens with zero attached hydrogens (tertiary/aromatic N) is 3. The molecule has 1 atom stereocenters. The van der Waals surface area contributed by atoms with Crippen LogP contribution in [-0.2, 0) is 4.79 Å². The Balaban J connectivity index is 1.77. The van der Waals surface area contributed by atoms with Crippen LogP contribution in [0, 0.1) is 0 Å². The van der Waals surface area contributed by atoms with Crippen LogP contribution >= 0.6 is 11.8 Å². The number of hydrogen-bond acceptors (Lipinski definition) is 4. The summed E-state index contributed by atoms with van der Waals surface area (Å²) in [5.41, 5.74) is 0. The number of carbonyl (C=O) groups is 1. The Kier molecular flexibility index (Phi) is 7.32. The number of rotatable bonds is 5. The van der Waals surface area contributed by atoms with Gasteiger partial charge in [0.1, 0.15) is 0 Å². The van der Waals surface area contributed by atoms with Crippen molar-refractivity contribution >= 4 is 23.6 Å². The molecule has 1 unspecified atom stereocenters. The number of thioether (sulfide) groups is 1. The standard InChI is InChI=1S/C15H29N5OS/c1-3-16-15(17-6-7-20-8-10-22-11-9-20)18-13-4-5-14(21)19(2)12-13/h13H,3-12H2,1-2H3,(H2,16,17,18). The molecule has 6 nitrogen and oxygen atoms in total. The average Bonchev–Trinajstić information content (AvgIpc) is 2.52. The maximum absolute atomic E-state index is 11.5. The van der Waals surface area contributed by atoms with Crippen molar-refractivity contribution in [3.8, 4) is 0 Å². The molecule has 22 heavy (non-hydrogen) atoms. The summed E-state index contributed by atoms with van der Waals surface area (Å²) >= 11 is 2.04. The first-order valence-electron chi connectivity index (χ1n) is 8.28. The van der Waals surface area contributed by atoms with Crippen molar-refractivity contribution in [3.05, 3.63) is 0 Å². The van der Waals surface area contributed by atoms with Crippen LogP contribution in [0.15, 0.2) is 4.99 Å². The van der Waals surface area contributed by atoms with E-state index < -0.39 is 0 Å². The van der Waals surface area contributed by atoms with Gasteiger partial charge in [-0.1, -0.05) is 0 Å². The van der Waals surface area contributed by atoms with Crippen molar-refractivity contribution in [2.75, 3.05) is 57.8 Å². The summed E-state index contributed by atoms with van der Waals surface area (Å²) in [6, 6.07) is 0.298. The first-order valence-corrected chi connectivity index (χ1v) is 9.43. The van der Waals surface area contributed by atoms with E-state index in [0.717, 1.165) is 38.6 Å². The van der Waals surface area contributed by atoms with Crippen LogP contribution in [0.5, 0.6) is 0 Å². The second kappa shape index (κ2) is 9.25. The van der Waals surface area contributed by atoms with Gasteiger partial charge in [-0.2, -0.15) is 11.8 Å². The maximum Gasteiger partial charge on any atom is 0.222 e. The minimum atomic E-state index is 0.239. The van der Waals surface area contributed by atoms with Crippen molar-refractivity contribution < 1.29 is 4.79 Å². The average molecular weight is 327 g/mol. The summed E-state index contributed by atoms with van der Waals surface area (Å²) < 4.78 is 0. The molecule has 2 N–H and O–H groups in total. The molecule has 2 saturated heterocycles. The van der Waals surface area contributed by atoms with Gasteiger partial charge in [0.2, 0.25) is 5.91 Å². The Labute approximate surface area is 138 Å². The van der Waals surface area contributed by atoms with Gasteiger partial charge in [0.15, 0.2) is 5.96 Å². The lowest BCUT2D eigenvalue weighted by Crippen LogP contribution is -2.51. The van der Waals surface area contributed by atoms with Gasteiger partial charge in [-0.05, 0) is 13.3 Å². The summed E-state index contributed by atoms with van der Waals surface area (Å²) in [5, 5.41) is 6.77. The highest BCUT2D eigenvalue weighted by molar-refractivity contribution is 7.99. The zero-order valence-electron chi connectivity index (χ0n) is 13.8. The molecule has 0 spiro atoms. The number of hydrogen-bond donors (Lipinski definition) is 2. The second-order valence-electron chi connectivity index (χ2n) is 5.87. The molecule has 0 aromatic carbocycles. The molecule has 126 valence electrons. The summed E-state index contributed by atoms with van der Waals surface area (Å²) in [7, 11) is 1.87. The lowest BCUT2D eigenvalue weighted by Gasteiger charge is -2.31. The van der Waals surface area contributed by atoms with E-state index in [1.54, 1.807) is 4.90 Å². The molecule has 2 heterocycles. The van der Waals surface area contributed by atoms with Gasteiger partial charge in [-0.25, -0.2) is 0 Å². The third-order valence-corrected chi connectivity index (χ3v) is 5.04. The van der Waals surface area contributed by atoms with Gasteiger partial charge < -0.3 is 15.5 Å². The molecule has 0 radical (unpaired) electrons. The van der Waals surface area contributed by atoms with Gasteiger partial charge in [-0.3, -0.25) is 14.7 Å². The van der Waals surface area contributed by atoms with E-state index in [2.05, 4.69) is 27.4 Å². The minimum absolute atomic E-state index is 0.239. The summed E-state index contributed by atoms with van der Waals surface area (Å²) in [6.45, 7) is 7.90. The smallest absolute Gasteiger partial charge is 0.222 e. The predicted octanol–water partition coefficient (Wildman–Crippen LogP) is 0.211. The molecular formula is C15H29N5OS. The topological polar surface area (TPSA) is 60.0 Å². The number of aliphatic imine (C=N–C) groups is 1. The van der Waals surface area contributed by atoms with E-state index >= 15 is 0 Å². The number of likely N-dealkylation sites (tertiary alicyclic amines) is 1. The molecule has 0 aromatic heterocycles. The van der Waals surface area contributed by atoms with Crippen LogP contribution < -0.4 is 10.6 Å². The van der Waals surface area contributed by atoms with E-state index in [-0.39, 0.29) is 5.91 Å². The van der Waals surface area contributed by atoms with Gasteiger partial charge in [0, 0.05) is 63.7 Å². The highest BCUT2D eigenvalue weighted by Gasteiger charge is 2.23. The largest absolute Gasteiger partial charge is 0.357 e. The van der Waals surface area contributed by atoms with E-state index in [0.29, 0.717) is 12.5 Å². The monoisotopic (exact) mass is 327 g/mol.